The molecule has 3 rings (SSSR count). The zero-order valence-corrected chi connectivity index (χ0v) is 15.0. The molecule has 1 saturated carbocycles. The summed E-state index contributed by atoms with van der Waals surface area (Å²) in [6.07, 6.45) is 3.94. The summed E-state index contributed by atoms with van der Waals surface area (Å²) in [6.45, 7) is 5.41. The SMILES string of the molecule is Cc1ccc(C(NCCCN(C)Cc2ccccc2)C2CC2)cc1. The van der Waals surface area contributed by atoms with Crippen molar-refractivity contribution in [3.8, 4) is 0 Å². The van der Waals surface area contributed by atoms with Crippen molar-refractivity contribution in [2.45, 2.75) is 38.8 Å². The van der Waals surface area contributed by atoms with Gasteiger partial charge in [0.25, 0.3) is 0 Å². The van der Waals surface area contributed by atoms with Crippen molar-refractivity contribution >= 4 is 0 Å². The maximum atomic E-state index is 3.81. The first-order valence-corrected chi connectivity index (χ1v) is 9.25. The Balaban J connectivity index is 1.42. The van der Waals surface area contributed by atoms with E-state index in [1.165, 1.54) is 36.0 Å². The highest BCUT2D eigenvalue weighted by molar-refractivity contribution is 5.25. The van der Waals surface area contributed by atoms with Crippen LogP contribution in [0.15, 0.2) is 54.6 Å². The van der Waals surface area contributed by atoms with Gasteiger partial charge in [-0.1, -0.05) is 60.2 Å². The van der Waals surface area contributed by atoms with Crippen LogP contribution in [0.25, 0.3) is 0 Å². The van der Waals surface area contributed by atoms with Crippen LogP contribution in [0.4, 0.5) is 0 Å². The van der Waals surface area contributed by atoms with Crippen LogP contribution in [0.1, 0.15) is 42.0 Å². The summed E-state index contributed by atoms with van der Waals surface area (Å²) < 4.78 is 0. The number of hydrogen-bond acceptors (Lipinski definition) is 2. The van der Waals surface area contributed by atoms with Gasteiger partial charge in [-0.3, -0.25) is 0 Å². The van der Waals surface area contributed by atoms with E-state index in [9.17, 15) is 0 Å². The van der Waals surface area contributed by atoms with Gasteiger partial charge < -0.3 is 10.2 Å². The third-order valence-electron chi connectivity index (χ3n) is 4.91. The molecule has 0 amide bonds. The Bertz CT molecular complexity index is 602. The standard InChI is InChI=1S/C22H30N2/c1-18-9-11-20(12-10-18)22(21-13-14-21)23-15-6-16-24(2)17-19-7-4-3-5-8-19/h3-5,7-12,21-23H,6,13-17H2,1-2H3. The average molecular weight is 322 g/mol. The predicted octanol–water partition coefficient (Wildman–Crippen LogP) is 4.56. The summed E-state index contributed by atoms with van der Waals surface area (Å²) >= 11 is 0. The van der Waals surface area contributed by atoms with Gasteiger partial charge in [-0.05, 0) is 63.4 Å². The first-order valence-electron chi connectivity index (χ1n) is 9.25. The fourth-order valence-electron chi connectivity index (χ4n) is 3.34. The Hall–Kier alpha value is -1.64. The Labute approximate surface area is 146 Å². The zero-order chi connectivity index (χ0) is 16.8. The first kappa shape index (κ1) is 17.2. The summed E-state index contributed by atoms with van der Waals surface area (Å²) in [6, 6.07) is 20.3. The molecule has 0 aliphatic heterocycles. The minimum Gasteiger partial charge on any atom is -0.310 e. The molecular weight excluding hydrogens is 292 g/mol. The average Bonchev–Trinajstić information content (AvgIpc) is 3.42. The van der Waals surface area contributed by atoms with Gasteiger partial charge in [-0.15, -0.1) is 0 Å². The van der Waals surface area contributed by atoms with Crippen molar-refractivity contribution in [1.29, 1.82) is 0 Å². The van der Waals surface area contributed by atoms with Gasteiger partial charge in [0, 0.05) is 12.6 Å². The normalized spacial score (nSPS) is 15.6. The molecule has 1 fully saturated rings. The van der Waals surface area contributed by atoms with Crippen molar-refractivity contribution in [3.05, 3.63) is 71.3 Å². The number of benzene rings is 2. The number of nitrogens with one attached hydrogen (secondary N) is 1. The fourth-order valence-corrected chi connectivity index (χ4v) is 3.34. The Kier molecular flexibility index (Phi) is 6.06. The second kappa shape index (κ2) is 8.46. The van der Waals surface area contributed by atoms with Gasteiger partial charge in [0.1, 0.15) is 0 Å². The maximum absolute atomic E-state index is 3.81. The summed E-state index contributed by atoms with van der Waals surface area (Å²) in [7, 11) is 2.21. The molecule has 2 nitrogen and oxygen atoms in total. The Morgan fingerprint density at radius 2 is 1.75 bits per heavy atom. The molecule has 0 spiro atoms. The van der Waals surface area contributed by atoms with Crippen LogP contribution in [0, 0.1) is 12.8 Å². The summed E-state index contributed by atoms with van der Waals surface area (Å²) in [5, 5.41) is 3.81. The van der Waals surface area contributed by atoms with Crippen LogP contribution in [0.5, 0.6) is 0 Å². The molecule has 0 saturated heterocycles. The van der Waals surface area contributed by atoms with Gasteiger partial charge in [0.15, 0.2) is 0 Å². The lowest BCUT2D eigenvalue weighted by Crippen LogP contribution is -2.27. The number of rotatable bonds is 9. The molecule has 1 aliphatic rings. The van der Waals surface area contributed by atoms with E-state index in [0.29, 0.717) is 6.04 Å². The molecule has 0 aromatic heterocycles. The number of aryl methyl sites for hydroxylation is 1. The van der Waals surface area contributed by atoms with E-state index in [4.69, 9.17) is 0 Å². The monoisotopic (exact) mass is 322 g/mol. The van der Waals surface area contributed by atoms with E-state index in [1.807, 2.05) is 0 Å². The third kappa shape index (κ3) is 5.19. The molecule has 24 heavy (non-hydrogen) atoms. The van der Waals surface area contributed by atoms with E-state index >= 15 is 0 Å². The molecule has 0 heterocycles. The minimum atomic E-state index is 0.546. The maximum Gasteiger partial charge on any atom is 0.0348 e. The summed E-state index contributed by atoms with van der Waals surface area (Å²) in [5.41, 5.74) is 4.19. The van der Waals surface area contributed by atoms with Gasteiger partial charge in [-0.2, -0.15) is 0 Å². The lowest BCUT2D eigenvalue weighted by Gasteiger charge is -2.21. The van der Waals surface area contributed by atoms with Gasteiger partial charge in [-0.25, -0.2) is 0 Å². The second-order valence-electron chi connectivity index (χ2n) is 7.26. The summed E-state index contributed by atoms with van der Waals surface area (Å²) in [4.78, 5) is 2.41. The van der Waals surface area contributed by atoms with Gasteiger partial charge in [0.2, 0.25) is 0 Å². The van der Waals surface area contributed by atoms with Crippen LogP contribution in [0.2, 0.25) is 0 Å². The highest BCUT2D eigenvalue weighted by atomic mass is 15.1. The Morgan fingerprint density at radius 1 is 1.04 bits per heavy atom. The fraction of sp³-hybridized carbons (Fsp3) is 0.455. The molecule has 128 valence electrons. The quantitative estimate of drug-likeness (QED) is 0.681. The molecule has 2 aromatic carbocycles. The van der Waals surface area contributed by atoms with Crippen LogP contribution in [-0.2, 0) is 6.54 Å². The van der Waals surface area contributed by atoms with E-state index < -0.39 is 0 Å². The van der Waals surface area contributed by atoms with Crippen molar-refractivity contribution in [3.63, 3.8) is 0 Å². The molecule has 1 unspecified atom stereocenters. The highest BCUT2D eigenvalue weighted by Gasteiger charge is 2.31. The van der Waals surface area contributed by atoms with Crippen molar-refractivity contribution < 1.29 is 0 Å². The van der Waals surface area contributed by atoms with E-state index in [1.54, 1.807) is 0 Å². The first-order chi connectivity index (χ1) is 11.7. The van der Waals surface area contributed by atoms with Gasteiger partial charge >= 0.3 is 0 Å². The Morgan fingerprint density at radius 3 is 2.42 bits per heavy atom. The van der Waals surface area contributed by atoms with Crippen molar-refractivity contribution in [1.82, 2.24) is 10.2 Å². The topological polar surface area (TPSA) is 15.3 Å². The van der Waals surface area contributed by atoms with E-state index in [2.05, 4.69) is 78.8 Å². The number of nitrogens with zero attached hydrogens (tertiary/aromatic N) is 1. The number of hydrogen-bond donors (Lipinski definition) is 1. The molecule has 2 aromatic rings. The molecule has 0 bridgehead atoms. The van der Waals surface area contributed by atoms with Gasteiger partial charge in [0.05, 0.1) is 0 Å². The van der Waals surface area contributed by atoms with Crippen LogP contribution < -0.4 is 5.32 Å². The lowest BCUT2D eigenvalue weighted by atomic mass is 10.0. The second-order valence-corrected chi connectivity index (χ2v) is 7.26. The molecule has 2 heteroatoms. The summed E-state index contributed by atoms with van der Waals surface area (Å²) in [5.74, 6) is 0.842. The zero-order valence-electron chi connectivity index (χ0n) is 15.0. The molecule has 0 radical (unpaired) electrons. The van der Waals surface area contributed by atoms with Crippen LogP contribution in [-0.4, -0.2) is 25.0 Å². The van der Waals surface area contributed by atoms with Crippen molar-refractivity contribution in [2.75, 3.05) is 20.1 Å². The largest absolute Gasteiger partial charge is 0.310 e. The predicted molar refractivity (Wildman–Crippen MR) is 102 cm³/mol. The van der Waals surface area contributed by atoms with Crippen molar-refractivity contribution in [2.24, 2.45) is 5.92 Å². The third-order valence-corrected chi connectivity index (χ3v) is 4.91. The molecular formula is C22H30N2. The minimum absolute atomic E-state index is 0.546. The highest BCUT2D eigenvalue weighted by Crippen LogP contribution is 2.40. The molecule has 1 N–H and O–H groups in total. The van der Waals surface area contributed by atoms with E-state index in [-0.39, 0.29) is 0 Å². The smallest absolute Gasteiger partial charge is 0.0348 e. The lowest BCUT2D eigenvalue weighted by molar-refractivity contribution is 0.315. The van der Waals surface area contributed by atoms with E-state index in [0.717, 1.165) is 25.6 Å². The van der Waals surface area contributed by atoms with Crippen LogP contribution in [0.3, 0.4) is 0 Å². The molecule has 1 atom stereocenters. The van der Waals surface area contributed by atoms with Crippen LogP contribution >= 0.6 is 0 Å². The molecule has 1 aliphatic carbocycles.